The molecule has 0 radical (unpaired) electrons. The molecule has 0 amide bonds. The van der Waals surface area contributed by atoms with E-state index in [-0.39, 0.29) is 10.9 Å². The number of carboxylic acid groups (broad SMARTS) is 1. The molecule has 110 valence electrons. The van der Waals surface area contributed by atoms with Crippen LogP contribution in [-0.2, 0) is 4.79 Å². The highest BCUT2D eigenvalue weighted by atomic mass is 32.2. The Morgan fingerprint density at radius 2 is 2.00 bits per heavy atom. The fourth-order valence-electron chi connectivity index (χ4n) is 1.53. The number of carbonyl (C=O) groups is 1. The fourth-order valence-corrected chi connectivity index (χ4v) is 2.21. The zero-order valence-corrected chi connectivity index (χ0v) is 12.2. The van der Waals surface area contributed by atoms with Crippen molar-refractivity contribution in [3.8, 4) is 17.0 Å². The van der Waals surface area contributed by atoms with Crippen molar-refractivity contribution in [2.24, 2.45) is 0 Å². The lowest BCUT2D eigenvalue weighted by Crippen LogP contribution is -2.17. The molecule has 0 aliphatic carbocycles. The van der Waals surface area contributed by atoms with Crippen molar-refractivity contribution in [2.75, 3.05) is 7.11 Å². The lowest BCUT2D eigenvalue weighted by molar-refractivity contribution is -0.136. The maximum atomic E-state index is 12.0. The normalized spacial score (nSPS) is 11.9. The first-order valence-electron chi connectivity index (χ1n) is 6.02. The van der Waals surface area contributed by atoms with E-state index in [2.05, 4.69) is 15.2 Å². The molecule has 0 spiro atoms. The van der Waals surface area contributed by atoms with Gasteiger partial charge in [-0.3, -0.25) is 14.6 Å². The Labute approximate surface area is 124 Å². The minimum atomic E-state index is -0.984. The number of ether oxygens (including phenoxy) is 1. The number of carboxylic acids is 1. The van der Waals surface area contributed by atoms with E-state index in [1.54, 1.807) is 31.4 Å². The molecule has 1 unspecified atom stereocenters. The average molecular weight is 307 g/mol. The fraction of sp³-hybridized carbons (Fsp3) is 0.231. The van der Waals surface area contributed by atoms with Crippen LogP contribution in [-0.4, -0.2) is 38.6 Å². The summed E-state index contributed by atoms with van der Waals surface area (Å²) in [6, 6.07) is 6.83. The predicted molar refractivity (Wildman–Crippen MR) is 77.6 cm³/mol. The highest BCUT2D eigenvalue weighted by Gasteiger charge is 2.15. The second-order valence-electron chi connectivity index (χ2n) is 4.13. The second kappa shape index (κ2) is 6.40. The third-order valence-electron chi connectivity index (χ3n) is 2.68. The molecule has 1 aromatic heterocycles. The molecule has 8 heteroatoms. The molecule has 0 saturated heterocycles. The van der Waals surface area contributed by atoms with Gasteiger partial charge < -0.3 is 9.84 Å². The Hall–Kier alpha value is -2.35. The highest BCUT2D eigenvalue weighted by Crippen LogP contribution is 2.20. The maximum Gasteiger partial charge on any atom is 0.316 e. The smallest absolute Gasteiger partial charge is 0.316 e. The number of methoxy groups -OCH3 is 1. The Bertz CT molecular complexity index is 699. The molecule has 2 aromatic rings. The van der Waals surface area contributed by atoms with Gasteiger partial charge in [-0.15, -0.1) is 10.2 Å². The first kappa shape index (κ1) is 15.0. The van der Waals surface area contributed by atoms with E-state index in [0.717, 1.165) is 11.8 Å². The summed E-state index contributed by atoms with van der Waals surface area (Å²) >= 11 is 0.927. The van der Waals surface area contributed by atoms with Crippen LogP contribution in [0.25, 0.3) is 11.3 Å². The van der Waals surface area contributed by atoms with Gasteiger partial charge in [-0.2, -0.15) is 0 Å². The number of hydrogen-bond acceptors (Lipinski definition) is 6. The van der Waals surface area contributed by atoms with Crippen LogP contribution in [0, 0.1) is 0 Å². The minimum Gasteiger partial charge on any atom is -0.497 e. The molecular weight excluding hydrogens is 294 g/mol. The van der Waals surface area contributed by atoms with Crippen molar-refractivity contribution < 1.29 is 14.6 Å². The first-order valence-corrected chi connectivity index (χ1v) is 6.90. The number of aromatic amines is 1. The summed E-state index contributed by atoms with van der Waals surface area (Å²) in [6.45, 7) is 1.50. The van der Waals surface area contributed by atoms with Crippen molar-refractivity contribution in [3.63, 3.8) is 0 Å². The number of nitrogens with one attached hydrogen (secondary N) is 1. The molecule has 0 fully saturated rings. The topological polar surface area (TPSA) is 105 Å². The second-order valence-corrected chi connectivity index (χ2v) is 5.46. The summed E-state index contributed by atoms with van der Waals surface area (Å²) < 4.78 is 5.04. The number of aliphatic carboxylic acids is 1. The zero-order valence-electron chi connectivity index (χ0n) is 11.4. The summed E-state index contributed by atoms with van der Waals surface area (Å²) in [5.41, 5.74) is 0.354. The van der Waals surface area contributed by atoms with Crippen molar-refractivity contribution >= 4 is 17.7 Å². The molecule has 2 N–H and O–H groups in total. The Morgan fingerprint density at radius 3 is 2.52 bits per heavy atom. The summed E-state index contributed by atoms with van der Waals surface area (Å²) in [6.07, 6.45) is 0. The van der Waals surface area contributed by atoms with Crippen LogP contribution in [0.3, 0.4) is 0 Å². The van der Waals surface area contributed by atoms with Crippen LogP contribution in [0.4, 0.5) is 0 Å². The van der Waals surface area contributed by atoms with E-state index in [1.165, 1.54) is 6.92 Å². The van der Waals surface area contributed by atoms with E-state index in [0.29, 0.717) is 11.3 Å². The van der Waals surface area contributed by atoms with E-state index in [4.69, 9.17) is 9.84 Å². The van der Waals surface area contributed by atoms with E-state index >= 15 is 0 Å². The van der Waals surface area contributed by atoms with Gasteiger partial charge in [0.15, 0.2) is 10.9 Å². The number of nitrogens with zero attached hydrogens (tertiary/aromatic N) is 2. The van der Waals surface area contributed by atoms with Crippen LogP contribution in [0.1, 0.15) is 6.92 Å². The number of benzene rings is 1. The number of H-pyrrole nitrogens is 1. The van der Waals surface area contributed by atoms with Crippen molar-refractivity contribution in [1.29, 1.82) is 0 Å². The SMILES string of the molecule is COc1ccc(-c2nnc(SC(C)C(=O)O)[nH]c2=O)cc1. The predicted octanol–water partition coefficient (Wildman–Crippen LogP) is 1.41. The van der Waals surface area contributed by atoms with Crippen LogP contribution >= 0.6 is 11.8 Å². The quantitative estimate of drug-likeness (QED) is 0.804. The molecule has 0 saturated carbocycles. The van der Waals surface area contributed by atoms with Crippen molar-refractivity contribution in [3.05, 3.63) is 34.6 Å². The van der Waals surface area contributed by atoms with Gasteiger partial charge in [0.2, 0.25) is 0 Å². The third kappa shape index (κ3) is 3.60. The van der Waals surface area contributed by atoms with Gasteiger partial charge in [0.1, 0.15) is 11.0 Å². The zero-order chi connectivity index (χ0) is 15.4. The first-order chi connectivity index (χ1) is 10.0. The lowest BCUT2D eigenvalue weighted by atomic mass is 10.1. The largest absolute Gasteiger partial charge is 0.497 e. The molecule has 1 atom stereocenters. The molecule has 0 bridgehead atoms. The summed E-state index contributed by atoms with van der Waals surface area (Å²) in [5.74, 6) is -0.313. The van der Waals surface area contributed by atoms with Gasteiger partial charge in [-0.25, -0.2) is 0 Å². The van der Waals surface area contributed by atoms with Crippen LogP contribution in [0.2, 0.25) is 0 Å². The third-order valence-corrected chi connectivity index (χ3v) is 3.64. The maximum absolute atomic E-state index is 12.0. The standard InChI is InChI=1S/C13H13N3O4S/c1-7(12(18)19)21-13-14-11(17)10(15-16-13)8-3-5-9(20-2)6-4-8/h3-7H,1-2H3,(H,18,19)(H,14,16,17). The molecular formula is C13H13N3O4S. The van der Waals surface area contributed by atoms with Gasteiger partial charge in [-0.05, 0) is 31.2 Å². The van der Waals surface area contributed by atoms with Crippen molar-refractivity contribution in [2.45, 2.75) is 17.3 Å². The molecule has 1 aromatic carbocycles. The summed E-state index contributed by atoms with van der Waals surface area (Å²) in [7, 11) is 1.55. The number of hydrogen-bond donors (Lipinski definition) is 2. The Kier molecular flexibility index (Phi) is 4.59. The summed E-state index contributed by atoms with van der Waals surface area (Å²) in [5, 5.41) is 16.0. The molecule has 0 aliphatic heterocycles. The van der Waals surface area contributed by atoms with Gasteiger partial charge in [-0.1, -0.05) is 11.8 Å². The van der Waals surface area contributed by atoms with Crippen LogP contribution in [0.15, 0.2) is 34.2 Å². The van der Waals surface area contributed by atoms with Gasteiger partial charge in [0, 0.05) is 5.56 Å². The Balaban J connectivity index is 2.26. The molecule has 2 rings (SSSR count). The lowest BCUT2D eigenvalue weighted by Gasteiger charge is -2.05. The van der Waals surface area contributed by atoms with Gasteiger partial charge >= 0.3 is 5.97 Å². The number of thioether (sulfide) groups is 1. The van der Waals surface area contributed by atoms with Gasteiger partial charge in [0.25, 0.3) is 5.56 Å². The van der Waals surface area contributed by atoms with E-state index in [9.17, 15) is 9.59 Å². The van der Waals surface area contributed by atoms with E-state index < -0.39 is 16.8 Å². The monoisotopic (exact) mass is 307 g/mol. The summed E-state index contributed by atoms with van der Waals surface area (Å²) in [4.78, 5) is 25.3. The van der Waals surface area contributed by atoms with Crippen LogP contribution in [0.5, 0.6) is 5.75 Å². The Morgan fingerprint density at radius 1 is 1.33 bits per heavy atom. The van der Waals surface area contributed by atoms with Gasteiger partial charge in [0.05, 0.1) is 7.11 Å². The minimum absolute atomic E-state index is 0.171. The molecule has 21 heavy (non-hydrogen) atoms. The molecule has 0 aliphatic rings. The van der Waals surface area contributed by atoms with Crippen LogP contribution < -0.4 is 10.3 Å². The number of aromatic nitrogens is 3. The van der Waals surface area contributed by atoms with Crippen molar-refractivity contribution in [1.82, 2.24) is 15.2 Å². The average Bonchev–Trinajstić information content (AvgIpc) is 2.47. The molecule has 1 heterocycles. The van der Waals surface area contributed by atoms with E-state index in [1.807, 2.05) is 0 Å². The highest BCUT2D eigenvalue weighted by molar-refractivity contribution is 8.00. The molecule has 7 nitrogen and oxygen atoms in total. The number of rotatable bonds is 5.